The zero-order chi connectivity index (χ0) is 14.8. The fourth-order valence-electron chi connectivity index (χ4n) is 2.78. The van der Waals surface area contributed by atoms with Crippen LogP contribution in [0.2, 0.25) is 0 Å². The van der Waals surface area contributed by atoms with Crippen LogP contribution < -0.4 is 10.5 Å². The zero-order valence-corrected chi connectivity index (χ0v) is 12.9. The Labute approximate surface area is 121 Å². The second-order valence-corrected chi connectivity index (χ2v) is 7.98. The number of pyridine rings is 1. The van der Waals surface area contributed by atoms with E-state index in [4.69, 9.17) is 5.73 Å². The monoisotopic (exact) mass is 297 g/mol. The van der Waals surface area contributed by atoms with Crippen LogP contribution in [-0.2, 0) is 16.6 Å². The third-order valence-electron chi connectivity index (χ3n) is 3.84. The van der Waals surface area contributed by atoms with Gasteiger partial charge < -0.3 is 5.73 Å². The predicted octanol–water partition coefficient (Wildman–Crippen LogP) is 1.79. The Hall–Kier alpha value is -0.980. The molecule has 0 aromatic carbocycles. The van der Waals surface area contributed by atoms with Crippen LogP contribution in [-0.4, -0.2) is 19.4 Å². The van der Waals surface area contributed by atoms with E-state index < -0.39 is 10.0 Å². The molecule has 0 saturated heterocycles. The first kappa shape index (κ1) is 15.4. The van der Waals surface area contributed by atoms with Crippen LogP contribution >= 0.6 is 0 Å². The van der Waals surface area contributed by atoms with E-state index in [2.05, 4.69) is 23.6 Å². The van der Waals surface area contributed by atoms with Gasteiger partial charge in [0.2, 0.25) is 10.0 Å². The summed E-state index contributed by atoms with van der Waals surface area (Å²) in [6.45, 7) is 4.68. The Kier molecular flexibility index (Phi) is 4.46. The molecule has 1 heterocycles. The average molecular weight is 297 g/mol. The van der Waals surface area contributed by atoms with Gasteiger partial charge in [0.25, 0.3) is 0 Å². The van der Waals surface area contributed by atoms with Gasteiger partial charge in [0.1, 0.15) is 4.90 Å². The lowest BCUT2D eigenvalue weighted by Gasteiger charge is -2.35. The summed E-state index contributed by atoms with van der Waals surface area (Å²) < 4.78 is 27.5. The van der Waals surface area contributed by atoms with Crippen LogP contribution in [0.25, 0.3) is 0 Å². The van der Waals surface area contributed by atoms with E-state index in [1.165, 1.54) is 6.20 Å². The van der Waals surface area contributed by atoms with Crippen LogP contribution in [0, 0.1) is 5.41 Å². The molecule has 0 amide bonds. The van der Waals surface area contributed by atoms with Crippen molar-refractivity contribution in [3.05, 3.63) is 24.0 Å². The molecule has 0 bridgehead atoms. The molecule has 3 N–H and O–H groups in total. The number of sulfonamides is 1. The topological polar surface area (TPSA) is 85.1 Å². The van der Waals surface area contributed by atoms with Gasteiger partial charge in [-0.15, -0.1) is 0 Å². The number of nitrogens with two attached hydrogens (primary N) is 1. The summed E-state index contributed by atoms with van der Waals surface area (Å²) >= 11 is 0. The molecule has 2 rings (SSSR count). The van der Waals surface area contributed by atoms with Crippen LogP contribution in [0.3, 0.4) is 0 Å². The molecular formula is C14H23N3O2S. The number of rotatable bonds is 4. The summed E-state index contributed by atoms with van der Waals surface area (Å²) in [6.07, 6.45) is 5.36. The number of hydrogen-bond acceptors (Lipinski definition) is 4. The molecule has 0 spiro atoms. The molecule has 1 saturated carbocycles. The predicted molar refractivity (Wildman–Crippen MR) is 78.5 cm³/mol. The van der Waals surface area contributed by atoms with Gasteiger partial charge in [-0.2, -0.15) is 0 Å². The Morgan fingerprint density at radius 2 is 2.20 bits per heavy atom. The second kappa shape index (κ2) is 5.79. The Bertz CT molecular complexity index is 552. The van der Waals surface area contributed by atoms with Crippen LogP contribution in [0.5, 0.6) is 0 Å². The van der Waals surface area contributed by atoms with Crippen molar-refractivity contribution >= 4 is 10.0 Å². The highest BCUT2D eigenvalue weighted by molar-refractivity contribution is 7.89. The number of nitrogens with one attached hydrogen (secondary N) is 1. The maximum Gasteiger partial charge on any atom is 0.242 e. The van der Waals surface area contributed by atoms with Gasteiger partial charge in [0.15, 0.2) is 0 Å². The molecule has 1 fully saturated rings. The van der Waals surface area contributed by atoms with E-state index in [9.17, 15) is 8.42 Å². The Morgan fingerprint density at radius 1 is 1.45 bits per heavy atom. The summed E-state index contributed by atoms with van der Waals surface area (Å²) in [7, 11) is -3.49. The minimum Gasteiger partial charge on any atom is -0.325 e. The van der Waals surface area contributed by atoms with Crippen LogP contribution in [0.1, 0.15) is 45.2 Å². The molecule has 1 aromatic heterocycles. The maximum atomic E-state index is 12.3. The highest BCUT2D eigenvalue weighted by Gasteiger charge is 2.30. The van der Waals surface area contributed by atoms with Gasteiger partial charge >= 0.3 is 0 Å². The molecule has 1 aromatic rings. The normalized spacial score (nSPS) is 22.6. The van der Waals surface area contributed by atoms with E-state index in [-0.39, 0.29) is 16.4 Å². The smallest absolute Gasteiger partial charge is 0.242 e. The molecule has 112 valence electrons. The summed E-state index contributed by atoms with van der Waals surface area (Å²) in [5.74, 6) is 0. The van der Waals surface area contributed by atoms with Gasteiger partial charge in [0, 0.05) is 18.8 Å². The van der Waals surface area contributed by atoms with Crippen molar-refractivity contribution in [1.29, 1.82) is 0 Å². The van der Waals surface area contributed by atoms with Gasteiger partial charge in [-0.05, 0) is 36.8 Å². The molecule has 5 nitrogen and oxygen atoms in total. The van der Waals surface area contributed by atoms with E-state index >= 15 is 0 Å². The summed E-state index contributed by atoms with van der Waals surface area (Å²) in [5.41, 5.74) is 6.35. The average Bonchev–Trinajstić information content (AvgIpc) is 2.37. The van der Waals surface area contributed by atoms with Crippen molar-refractivity contribution < 1.29 is 8.42 Å². The van der Waals surface area contributed by atoms with Crippen molar-refractivity contribution in [2.24, 2.45) is 11.1 Å². The summed E-state index contributed by atoms with van der Waals surface area (Å²) in [5, 5.41) is 0. The first-order chi connectivity index (χ1) is 9.32. The molecule has 1 unspecified atom stereocenters. The fraction of sp³-hybridized carbons (Fsp3) is 0.643. The molecule has 0 aliphatic heterocycles. The largest absolute Gasteiger partial charge is 0.325 e. The SMILES string of the molecule is CC1(C)CCCC(NS(=O)(=O)c2ccc(CN)nc2)C1. The molecule has 1 aliphatic carbocycles. The lowest BCUT2D eigenvalue weighted by atomic mass is 9.75. The van der Waals surface area contributed by atoms with Crippen molar-refractivity contribution in [1.82, 2.24) is 9.71 Å². The fourth-order valence-corrected chi connectivity index (χ4v) is 3.99. The van der Waals surface area contributed by atoms with Crippen LogP contribution in [0.15, 0.2) is 23.2 Å². The molecule has 20 heavy (non-hydrogen) atoms. The van der Waals surface area contributed by atoms with Crippen molar-refractivity contribution in [3.63, 3.8) is 0 Å². The van der Waals surface area contributed by atoms with E-state index in [1.54, 1.807) is 12.1 Å². The first-order valence-electron chi connectivity index (χ1n) is 7.00. The molecular weight excluding hydrogens is 274 g/mol. The van der Waals surface area contributed by atoms with Gasteiger partial charge in [-0.25, -0.2) is 13.1 Å². The van der Waals surface area contributed by atoms with Crippen molar-refractivity contribution in [3.8, 4) is 0 Å². The van der Waals surface area contributed by atoms with Gasteiger partial charge in [-0.3, -0.25) is 4.98 Å². The summed E-state index contributed by atoms with van der Waals surface area (Å²) in [6, 6.07) is 3.23. The molecule has 6 heteroatoms. The summed E-state index contributed by atoms with van der Waals surface area (Å²) in [4.78, 5) is 4.25. The molecule has 1 aliphatic rings. The third kappa shape index (κ3) is 3.77. The van der Waals surface area contributed by atoms with Crippen LogP contribution in [0.4, 0.5) is 0 Å². The third-order valence-corrected chi connectivity index (χ3v) is 5.35. The minimum atomic E-state index is -3.49. The van der Waals surface area contributed by atoms with Crippen molar-refractivity contribution in [2.75, 3.05) is 0 Å². The van der Waals surface area contributed by atoms with Gasteiger partial charge in [-0.1, -0.05) is 20.3 Å². The minimum absolute atomic E-state index is 0.0120. The number of nitrogens with zero attached hydrogens (tertiary/aromatic N) is 1. The quantitative estimate of drug-likeness (QED) is 0.887. The molecule has 1 atom stereocenters. The van der Waals surface area contributed by atoms with E-state index in [0.29, 0.717) is 12.2 Å². The molecule has 0 radical (unpaired) electrons. The number of hydrogen-bond donors (Lipinski definition) is 2. The van der Waals surface area contributed by atoms with E-state index in [1.807, 2.05) is 0 Å². The van der Waals surface area contributed by atoms with Crippen molar-refractivity contribution in [2.45, 2.75) is 57.0 Å². The first-order valence-corrected chi connectivity index (χ1v) is 8.48. The number of aromatic nitrogens is 1. The second-order valence-electron chi connectivity index (χ2n) is 6.27. The zero-order valence-electron chi connectivity index (χ0n) is 12.1. The Morgan fingerprint density at radius 3 is 2.75 bits per heavy atom. The highest BCUT2D eigenvalue weighted by Crippen LogP contribution is 2.35. The van der Waals surface area contributed by atoms with E-state index in [0.717, 1.165) is 25.7 Å². The van der Waals surface area contributed by atoms with Gasteiger partial charge in [0.05, 0.1) is 5.69 Å². The lowest BCUT2D eigenvalue weighted by molar-refractivity contribution is 0.212. The standard InChI is InChI=1S/C14H23N3O2S/c1-14(2)7-3-4-11(8-14)17-20(18,19)13-6-5-12(9-15)16-10-13/h5-6,10-11,17H,3-4,7-9,15H2,1-2H3. The highest BCUT2D eigenvalue weighted by atomic mass is 32.2. The maximum absolute atomic E-state index is 12.3. The lowest BCUT2D eigenvalue weighted by Crippen LogP contribution is -2.40. The Balaban J connectivity index is 2.10.